The molecular weight excluding hydrogens is 295 g/mol. The van der Waals surface area contributed by atoms with Gasteiger partial charge in [-0.15, -0.1) is 0 Å². The number of methoxy groups -OCH3 is 1. The van der Waals surface area contributed by atoms with E-state index in [2.05, 4.69) is 5.32 Å². The minimum Gasteiger partial charge on any atom is -0.496 e. The molecule has 0 bridgehead atoms. The second-order valence-corrected chi connectivity index (χ2v) is 4.54. The maximum absolute atomic E-state index is 13.2. The molecule has 0 unspecified atom stereocenters. The van der Waals surface area contributed by atoms with Crippen LogP contribution in [-0.2, 0) is 0 Å². The van der Waals surface area contributed by atoms with Gasteiger partial charge in [0, 0.05) is 10.7 Å². The first kappa shape index (κ1) is 14.8. The Morgan fingerprint density at radius 1 is 1.33 bits per heavy atom. The number of halogens is 2. The quantitative estimate of drug-likeness (QED) is 0.942. The summed E-state index contributed by atoms with van der Waals surface area (Å²) in [5, 5.41) is 11.7. The largest absolute Gasteiger partial charge is 0.496 e. The van der Waals surface area contributed by atoms with Gasteiger partial charge in [-0.1, -0.05) is 11.6 Å². The number of nitriles is 1. The first-order chi connectivity index (χ1) is 10.0. The number of carbonyl (C=O) groups is 1. The van der Waals surface area contributed by atoms with Gasteiger partial charge in [0.1, 0.15) is 17.6 Å². The van der Waals surface area contributed by atoms with Gasteiger partial charge in [-0.05, 0) is 36.4 Å². The van der Waals surface area contributed by atoms with Crippen molar-refractivity contribution in [2.24, 2.45) is 0 Å². The molecule has 0 radical (unpaired) electrons. The van der Waals surface area contributed by atoms with Crippen LogP contribution in [0, 0.1) is 17.1 Å². The highest BCUT2D eigenvalue weighted by atomic mass is 35.5. The lowest BCUT2D eigenvalue weighted by molar-refractivity contribution is 0.102. The maximum Gasteiger partial charge on any atom is 0.259 e. The van der Waals surface area contributed by atoms with E-state index in [4.69, 9.17) is 21.6 Å². The van der Waals surface area contributed by atoms with Crippen molar-refractivity contribution in [1.82, 2.24) is 0 Å². The predicted molar refractivity (Wildman–Crippen MR) is 77.1 cm³/mol. The zero-order chi connectivity index (χ0) is 15.4. The molecule has 1 N–H and O–H groups in total. The van der Waals surface area contributed by atoms with Crippen LogP contribution in [0.5, 0.6) is 5.75 Å². The lowest BCUT2D eigenvalue weighted by Gasteiger charge is -2.10. The predicted octanol–water partition coefficient (Wildman–Crippen LogP) is 3.61. The standard InChI is InChI=1S/C15H10ClFN2O2/c1-21-14-5-2-10(16)7-12(14)15(20)19-11-3-4-13(17)9(6-11)8-18/h2-7H,1H3,(H,19,20). The van der Waals surface area contributed by atoms with Crippen LogP contribution in [0.2, 0.25) is 5.02 Å². The molecule has 0 atom stereocenters. The van der Waals surface area contributed by atoms with Crippen molar-refractivity contribution >= 4 is 23.2 Å². The molecule has 0 aromatic heterocycles. The van der Waals surface area contributed by atoms with Gasteiger partial charge in [0.05, 0.1) is 18.2 Å². The minimum atomic E-state index is -0.643. The lowest BCUT2D eigenvalue weighted by atomic mass is 10.1. The number of benzene rings is 2. The summed E-state index contributed by atoms with van der Waals surface area (Å²) in [4.78, 5) is 12.2. The van der Waals surface area contributed by atoms with Crippen molar-refractivity contribution < 1.29 is 13.9 Å². The molecule has 2 rings (SSSR count). The molecule has 21 heavy (non-hydrogen) atoms. The molecule has 0 aliphatic carbocycles. The van der Waals surface area contributed by atoms with Crippen molar-refractivity contribution in [1.29, 1.82) is 5.26 Å². The molecule has 0 saturated heterocycles. The highest BCUT2D eigenvalue weighted by molar-refractivity contribution is 6.31. The zero-order valence-electron chi connectivity index (χ0n) is 11.0. The van der Waals surface area contributed by atoms with Crippen molar-refractivity contribution in [3.63, 3.8) is 0 Å². The molecule has 0 saturated carbocycles. The molecule has 0 aliphatic heterocycles. The zero-order valence-corrected chi connectivity index (χ0v) is 11.7. The summed E-state index contributed by atoms with van der Waals surface area (Å²) >= 11 is 5.86. The lowest BCUT2D eigenvalue weighted by Crippen LogP contribution is -2.13. The number of hydrogen-bond acceptors (Lipinski definition) is 3. The van der Waals surface area contributed by atoms with Gasteiger partial charge in [0.25, 0.3) is 5.91 Å². The second kappa shape index (κ2) is 6.25. The number of nitrogens with one attached hydrogen (secondary N) is 1. The van der Waals surface area contributed by atoms with E-state index in [0.29, 0.717) is 16.5 Å². The summed E-state index contributed by atoms with van der Waals surface area (Å²) in [5.74, 6) is -0.750. The fraction of sp³-hybridized carbons (Fsp3) is 0.0667. The third-order valence-electron chi connectivity index (χ3n) is 2.75. The smallest absolute Gasteiger partial charge is 0.259 e. The van der Waals surface area contributed by atoms with E-state index in [1.165, 1.54) is 25.3 Å². The SMILES string of the molecule is COc1ccc(Cl)cc1C(=O)Nc1ccc(F)c(C#N)c1. The Bertz CT molecular complexity index is 741. The van der Waals surface area contributed by atoms with Gasteiger partial charge < -0.3 is 10.1 Å². The second-order valence-electron chi connectivity index (χ2n) is 4.11. The molecule has 4 nitrogen and oxygen atoms in total. The van der Waals surface area contributed by atoms with Crippen molar-refractivity contribution in [2.45, 2.75) is 0 Å². The minimum absolute atomic E-state index is 0.147. The Morgan fingerprint density at radius 3 is 2.76 bits per heavy atom. The summed E-state index contributed by atoms with van der Waals surface area (Å²) in [6, 6.07) is 10.1. The normalized spacial score (nSPS) is 9.81. The van der Waals surface area contributed by atoms with Crippen molar-refractivity contribution in [2.75, 3.05) is 12.4 Å². The van der Waals surface area contributed by atoms with Gasteiger partial charge in [0.2, 0.25) is 0 Å². The van der Waals surface area contributed by atoms with Gasteiger partial charge in [-0.25, -0.2) is 4.39 Å². The molecular formula is C15H10ClFN2O2. The summed E-state index contributed by atoms with van der Waals surface area (Å²) in [6.45, 7) is 0. The van der Waals surface area contributed by atoms with E-state index in [-0.39, 0.29) is 11.1 Å². The van der Waals surface area contributed by atoms with E-state index in [0.717, 1.165) is 6.07 Å². The Labute approximate surface area is 125 Å². The third-order valence-corrected chi connectivity index (χ3v) is 2.99. The Balaban J connectivity index is 2.30. The van der Waals surface area contributed by atoms with E-state index in [1.807, 2.05) is 0 Å². The number of rotatable bonds is 3. The van der Waals surface area contributed by atoms with Gasteiger partial charge in [0.15, 0.2) is 0 Å². The molecule has 6 heteroatoms. The van der Waals surface area contributed by atoms with Crippen LogP contribution in [0.3, 0.4) is 0 Å². The first-order valence-corrected chi connectivity index (χ1v) is 6.27. The number of carbonyl (C=O) groups excluding carboxylic acids is 1. The molecule has 2 aromatic rings. The van der Waals surface area contributed by atoms with Crippen LogP contribution >= 0.6 is 11.6 Å². The molecule has 0 fully saturated rings. The summed E-state index contributed by atoms with van der Waals surface area (Å²) in [6.07, 6.45) is 0. The molecule has 0 heterocycles. The van der Waals surface area contributed by atoms with Crippen molar-refractivity contribution in [3.05, 3.63) is 58.4 Å². The van der Waals surface area contributed by atoms with Crippen LogP contribution < -0.4 is 10.1 Å². The van der Waals surface area contributed by atoms with Crippen LogP contribution in [0.25, 0.3) is 0 Å². The first-order valence-electron chi connectivity index (χ1n) is 5.89. The number of hydrogen-bond donors (Lipinski definition) is 1. The highest BCUT2D eigenvalue weighted by Crippen LogP contribution is 2.24. The molecule has 0 aliphatic rings. The average Bonchev–Trinajstić information content (AvgIpc) is 2.49. The van der Waals surface area contributed by atoms with Crippen LogP contribution in [-0.4, -0.2) is 13.0 Å². The summed E-state index contributed by atoms with van der Waals surface area (Å²) < 4.78 is 18.3. The molecule has 1 amide bonds. The summed E-state index contributed by atoms with van der Waals surface area (Å²) in [7, 11) is 1.44. The third kappa shape index (κ3) is 3.30. The fourth-order valence-corrected chi connectivity index (χ4v) is 1.92. The monoisotopic (exact) mass is 304 g/mol. The van der Waals surface area contributed by atoms with Crippen LogP contribution in [0.15, 0.2) is 36.4 Å². The average molecular weight is 305 g/mol. The number of nitrogens with zero attached hydrogens (tertiary/aromatic N) is 1. The topological polar surface area (TPSA) is 62.1 Å². The molecule has 0 spiro atoms. The highest BCUT2D eigenvalue weighted by Gasteiger charge is 2.14. The Hall–Kier alpha value is -2.58. The van der Waals surface area contributed by atoms with Gasteiger partial charge >= 0.3 is 0 Å². The van der Waals surface area contributed by atoms with E-state index >= 15 is 0 Å². The van der Waals surface area contributed by atoms with Gasteiger partial charge in [-0.2, -0.15) is 5.26 Å². The summed E-state index contributed by atoms with van der Waals surface area (Å²) in [5.41, 5.74) is 0.402. The number of ether oxygens (including phenoxy) is 1. The maximum atomic E-state index is 13.2. The Kier molecular flexibility index (Phi) is 4.41. The van der Waals surface area contributed by atoms with E-state index < -0.39 is 11.7 Å². The van der Waals surface area contributed by atoms with Crippen molar-refractivity contribution in [3.8, 4) is 11.8 Å². The van der Waals surface area contributed by atoms with Crippen LogP contribution in [0.1, 0.15) is 15.9 Å². The van der Waals surface area contributed by atoms with E-state index in [9.17, 15) is 9.18 Å². The van der Waals surface area contributed by atoms with Crippen LogP contribution in [0.4, 0.5) is 10.1 Å². The number of anilines is 1. The van der Waals surface area contributed by atoms with E-state index in [1.54, 1.807) is 18.2 Å². The van der Waals surface area contributed by atoms with Gasteiger partial charge in [-0.3, -0.25) is 4.79 Å². The number of amides is 1. The Morgan fingerprint density at radius 2 is 2.10 bits per heavy atom. The molecule has 2 aromatic carbocycles. The fourth-order valence-electron chi connectivity index (χ4n) is 1.74. The molecule has 106 valence electrons.